The summed E-state index contributed by atoms with van der Waals surface area (Å²) in [5, 5.41) is 9.25. The summed E-state index contributed by atoms with van der Waals surface area (Å²) in [6.45, 7) is 2.35. The van der Waals surface area contributed by atoms with Crippen molar-refractivity contribution in [3.05, 3.63) is 0 Å². The van der Waals surface area contributed by atoms with Crippen LogP contribution in [-0.4, -0.2) is 40.8 Å². The molecule has 0 amide bonds. The largest absolute Gasteiger partial charge is 0.481 e. The molecule has 0 heterocycles. The molecular formula is C13H22F3NO2. The molecule has 19 heavy (non-hydrogen) atoms. The Labute approximate surface area is 111 Å². The Morgan fingerprint density at radius 1 is 1.26 bits per heavy atom. The van der Waals surface area contributed by atoms with Crippen molar-refractivity contribution in [1.29, 1.82) is 0 Å². The molecule has 0 spiro atoms. The van der Waals surface area contributed by atoms with E-state index in [1.807, 2.05) is 0 Å². The van der Waals surface area contributed by atoms with E-state index in [4.69, 9.17) is 0 Å². The molecule has 0 saturated heterocycles. The first-order valence-corrected chi connectivity index (χ1v) is 6.77. The Hall–Kier alpha value is -0.780. The molecule has 1 rings (SSSR count). The fourth-order valence-corrected chi connectivity index (χ4v) is 2.86. The smallest absolute Gasteiger partial charge is 0.401 e. The van der Waals surface area contributed by atoms with Crippen molar-refractivity contribution < 1.29 is 23.1 Å². The van der Waals surface area contributed by atoms with Crippen molar-refractivity contribution in [2.24, 2.45) is 5.92 Å². The fourth-order valence-electron chi connectivity index (χ4n) is 2.86. The van der Waals surface area contributed by atoms with Crippen LogP contribution in [0.4, 0.5) is 13.2 Å². The minimum Gasteiger partial charge on any atom is -0.481 e. The number of nitrogens with zero attached hydrogens (tertiary/aromatic N) is 1. The van der Waals surface area contributed by atoms with Crippen LogP contribution >= 0.6 is 0 Å². The summed E-state index contributed by atoms with van der Waals surface area (Å²) in [6, 6.07) is -0.826. The van der Waals surface area contributed by atoms with Crippen molar-refractivity contribution in [2.45, 2.75) is 64.2 Å². The third kappa shape index (κ3) is 5.01. The first kappa shape index (κ1) is 16.3. The van der Waals surface area contributed by atoms with Crippen LogP contribution in [0.2, 0.25) is 0 Å². The Morgan fingerprint density at radius 2 is 1.84 bits per heavy atom. The first-order chi connectivity index (χ1) is 8.72. The van der Waals surface area contributed by atoms with E-state index < -0.39 is 30.7 Å². The second-order valence-electron chi connectivity index (χ2n) is 5.53. The van der Waals surface area contributed by atoms with Gasteiger partial charge in [-0.05, 0) is 26.7 Å². The van der Waals surface area contributed by atoms with Crippen LogP contribution in [0.25, 0.3) is 0 Å². The lowest BCUT2D eigenvalue weighted by molar-refractivity contribution is -0.164. The van der Waals surface area contributed by atoms with Gasteiger partial charge < -0.3 is 5.11 Å². The molecule has 0 aromatic heterocycles. The zero-order valence-corrected chi connectivity index (χ0v) is 11.4. The average Bonchev–Trinajstić information content (AvgIpc) is 2.49. The topological polar surface area (TPSA) is 40.5 Å². The van der Waals surface area contributed by atoms with Crippen molar-refractivity contribution in [2.75, 3.05) is 6.54 Å². The van der Waals surface area contributed by atoms with E-state index in [9.17, 15) is 23.1 Å². The first-order valence-electron chi connectivity index (χ1n) is 6.77. The Morgan fingerprint density at radius 3 is 2.32 bits per heavy atom. The maximum atomic E-state index is 12.7. The summed E-state index contributed by atoms with van der Waals surface area (Å²) in [7, 11) is 0. The predicted octanol–water partition coefficient (Wildman–Crippen LogP) is 3.29. The highest BCUT2D eigenvalue weighted by Crippen LogP contribution is 2.31. The van der Waals surface area contributed by atoms with E-state index in [-0.39, 0.29) is 6.04 Å². The SMILES string of the molecule is CC(C)N(CC(F)(F)F)C1CCCCCC1C(=O)O. The molecule has 2 unspecified atom stereocenters. The molecule has 0 aromatic rings. The van der Waals surface area contributed by atoms with Gasteiger partial charge in [0.25, 0.3) is 0 Å². The summed E-state index contributed by atoms with van der Waals surface area (Å²) >= 11 is 0. The summed E-state index contributed by atoms with van der Waals surface area (Å²) in [4.78, 5) is 12.6. The zero-order valence-electron chi connectivity index (χ0n) is 11.4. The van der Waals surface area contributed by atoms with E-state index >= 15 is 0 Å². The lowest BCUT2D eigenvalue weighted by atomic mass is 9.92. The van der Waals surface area contributed by atoms with Crippen molar-refractivity contribution in [3.63, 3.8) is 0 Å². The van der Waals surface area contributed by atoms with Gasteiger partial charge in [0, 0.05) is 12.1 Å². The summed E-state index contributed by atoms with van der Waals surface area (Å²) < 4.78 is 38.0. The van der Waals surface area contributed by atoms with Crippen LogP contribution < -0.4 is 0 Å². The number of carboxylic acid groups (broad SMARTS) is 1. The van der Waals surface area contributed by atoms with Crippen LogP contribution in [0.3, 0.4) is 0 Å². The quantitative estimate of drug-likeness (QED) is 0.804. The number of hydrogen-bond donors (Lipinski definition) is 1. The molecule has 0 aromatic carbocycles. The number of rotatable bonds is 4. The fraction of sp³-hybridized carbons (Fsp3) is 0.923. The summed E-state index contributed by atoms with van der Waals surface area (Å²) in [5.41, 5.74) is 0. The molecule has 0 radical (unpaired) electrons. The van der Waals surface area contributed by atoms with E-state index in [1.54, 1.807) is 13.8 Å². The van der Waals surface area contributed by atoms with E-state index in [1.165, 1.54) is 4.90 Å². The summed E-state index contributed by atoms with van der Waals surface area (Å²) in [6.07, 6.45) is -0.800. The molecule has 6 heteroatoms. The van der Waals surface area contributed by atoms with Gasteiger partial charge in [-0.15, -0.1) is 0 Å². The second-order valence-corrected chi connectivity index (χ2v) is 5.53. The Balaban J connectivity index is 2.92. The number of halogens is 3. The Bertz CT molecular complexity index is 305. The summed E-state index contributed by atoms with van der Waals surface area (Å²) in [5.74, 6) is -1.66. The molecule has 1 saturated carbocycles. The molecule has 1 aliphatic rings. The van der Waals surface area contributed by atoms with Gasteiger partial charge in [-0.1, -0.05) is 19.3 Å². The van der Waals surface area contributed by atoms with Gasteiger partial charge in [-0.2, -0.15) is 13.2 Å². The van der Waals surface area contributed by atoms with Gasteiger partial charge in [0.1, 0.15) is 0 Å². The third-order valence-corrected chi connectivity index (χ3v) is 3.75. The average molecular weight is 281 g/mol. The van der Waals surface area contributed by atoms with Gasteiger partial charge in [0.15, 0.2) is 0 Å². The van der Waals surface area contributed by atoms with Gasteiger partial charge in [0.05, 0.1) is 12.5 Å². The minimum absolute atomic E-state index is 0.313. The van der Waals surface area contributed by atoms with Crippen LogP contribution in [-0.2, 0) is 4.79 Å². The monoisotopic (exact) mass is 281 g/mol. The standard InChI is InChI=1S/C13H22F3NO2/c1-9(2)17(8-13(14,15)16)11-7-5-3-4-6-10(11)12(18)19/h9-11H,3-8H2,1-2H3,(H,18,19). The van der Waals surface area contributed by atoms with Gasteiger partial charge >= 0.3 is 12.1 Å². The number of aliphatic carboxylic acids is 1. The molecule has 1 N–H and O–H groups in total. The highest BCUT2D eigenvalue weighted by atomic mass is 19.4. The molecule has 3 nitrogen and oxygen atoms in total. The van der Waals surface area contributed by atoms with Gasteiger partial charge in [-0.25, -0.2) is 0 Å². The van der Waals surface area contributed by atoms with E-state index in [0.717, 1.165) is 19.3 Å². The lowest BCUT2D eigenvalue weighted by Gasteiger charge is -2.37. The van der Waals surface area contributed by atoms with Crippen molar-refractivity contribution in [1.82, 2.24) is 4.90 Å². The molecule has 2 atom stereocenters. The third-order valence-electron chi connectivity index (χ3n) is 3.75. The number of carboxylic acids is 1. The molecule has 0 bridgehead atoms. The van der Waals surface area contributed by atoms with Crippen LogP contribution in [0.15, 0.2) is 0 Å². The van der Waals surface area contributed by atoms with Crippen molar-refractivity contribution >= 4 is 5.97 Å². The number of alkyl halides is 3. The normalized spacial score (nSPS) is 25.6. The molecule has 1 fully saturated rings. The highest BCUT2D eigenvalue weighted by molar-refractivity contribution is 5.71. The number of hydrogen-bond acceptors (Lipinski definition) is 2. The minimum atomic E-state index is -4.29. The molecule has 0 aliphatic heterocycles. The maximum absolute atomic E-state index is 12.7. The van der Waals surface area contributed by atoms with Crippen molar-refractivity contribution in [3.8, 4) is 0 Å². The highest BCUT2D eigenvalue weighted by Gasteiger charge is 2.40. The molecule has 1 aliphatic carbocycles. The molecule has 112 valence electrons. The molecular weight excluding hydrogens is 259 g/mol. The van der Waals surface area contributed by atoms with Crippen LogP contribution in [0.1, 0.15) is 46.0 Å². The second kappa shape index (κ2) is 6.59. The van der Waals surface area contributed by atoms with E-state index in [0.29, 0.717) is 12.8 Å². The van der Waals surface area contributed by atoms with Crippen LogP contribution in [0, 0.1) is 5.92 Å². The lowest BCUT2D eigenvalue weighted by Crippen LogP contribution is -2.50. The Kier molecular flexibility index (Phi) is 5.64. The van der Waals surface area contributed by atoms with Gasteiger partial charge in [-0.3, -0.25) is 9.69 Å². The van der Waals surface area contributed by atoms with Gasteiger partial charge in [0.2, 0.25) is 0 Å². The maximum Gasteiger partial charge on any atom is 0.401 e. The number of carbonyl (C=O) groups is 1. The zero-order chi connectivity index (χ0) is 14.6. The predicted molar refractivity (Wildman–Crippen MR) is 65.9 cm³/mol. The van der Waals surface area contributed by atoms with Crippen LogP contribution in [0.5, 0.6) is 0 Å². The van der Waals surface area contributed by atoms with E-state index in [2.05, 4.69) is 0 Å².